The maximum atomic E-state index is 12.4. The minimum absolute atomic E-state index is 0.0775. The first kappa shape index (κ1) is 18.0. The Labute approximate surface area is 160 Å². The molecule has 140 valence electrons. The molecular weight excluding hydrogens is 336 g/mol. The van der Waals surface area contributed by atoms with Gasteiger partial charge in [0.25, 0.3) is 0 Å². The summed E-state index contributed by atoms with van der Waals surface area (Å²) in [5.74, 6) is -0.925. The molecule has 2 aromatic rings. The number of aliphatic hydroxyl groups is 1. The van der Waals surface area contributed by atoms with Gasteiger partial charge in [0.05, 0.1) is 0 Å². The lowest BCUT2D eigenvalue weighted by atomic mass is 9.59. The molecule has 2 N–H and O–H groups in total. The van der Waals surface area contributed by atoms with Gasteiger partial charge in [0.1, 0.15) is 11.0 Å². The van der Waals surface area contributed by atoms with Gasteiger partial charge in [-0.2, -0.15) is 0 Å². The molecule has 4 rings (SSSR count). The van der Waals surface area contributed by atoms with Crippen LogP contribution in [-0.4, -0.2) is 21.8 Å². The van der Waals surface area contributed by atoms with Crippen molar-refractivity contribution in [2.24, 2.45) is 11.3 Å². The van der Waals surface area contributed by atoms with Gasteiger partial charge in [-0.05, 0) is 61.1 Å². The maximum absolute atomic E-state index is 12.4. The van der Waals surface area contributed by atoms with Crippen LogP contribution in [0.2, 0.25) is 0 Å². The molecule has 0 radical (unpaired) electrons. The zero-order valence-electron chi connectivity index (χ0n) is 15.5. The average Bonchev–Trinajstić information content (AvgIpc) is 2.98. The smallest absolute Gasteiger partial charge is 0.312 e. The van der Waals surface area contributed by atoms with Crippen LogP contribution in [0.1, 0.15) is 43.2 Å². The summed E-state index contributed by atoms with van der Waals surface area (Å²) in [6.45, 7) is 0. The fourth-order valence-electron chi connectivity index (χ4n) is 5.33. The zero-order valence-corrected chi connectivity index (χ0v) is 15.5. The van der Waals surface area contributed by atoms with E-state index in [0.717, 1.165) is 36.0 Å². The van der Waals surface area contributed by atoms with Crippen LogP contribution in [0, 0.1) is 11.3 Å². The molecule has 0 bridgehead atoms. The Morgan fingerprint density at radius 1 is 1.04 bits per heavy atom. The number of carbonyl (C=O) groups is 1. The highest BCUT2D eigenvalue weighted by Crippen LogP contribution is 2.61. The molecule has 0 aromatic heterocycles. The van der Waals surface area contributed by atoms with Crippen LogP contribution in [0.4, 0.5) is 0 Å². The molecule has 0 aliphatic heterocycles. The summed E-state index contributed by atoms with van der Waals surface area (Å²) in [4.78, 5) is 12.4. The Morgan fingerprint density at radius 3 is 2.37 bits per heavy atom. The van der Waals surface area contributed by atoms with Crippen molar-refractivity contribution in [1.82, 2.24) is 0 Å². The Kier molecular flexibility index (Phi) is 4.65. The van der Waals surface area contributed by atoms with Gasteiger partial charge in [-0.3, -0.25) is 4.79 Å². The van der Waals surface area contributed by atoms with Gasteiger partial charge in [0, 0.05) is 0 Å². The van der Waals surface area contributed by atoms with Crippen LogP contribution in [0.3, 0.4) is 0 Å². The lowest BCUT2D eigenvalue weighted by Crippen LogP contribution is -2.56. The first-order chi connectivity index (χ1) is 13.1. The van der Waals surface area contributed by atoms with Crippen LogP contribution in [0.15, 0.2) is 66.2 Å². The van der Waals surface area contributed by atoms with E-state index in [1.54, 1.807) is 0 Å². The summed E-state index contributed by atoms with van der Waals surface area (Å²) >= 11 is 0. The molecule has 3 atom stereocenters. The van der Waals surface area contributed by atoms with Gasteiger partial charge >= 0.3 is 5.97 Å². The van der Waals surface area contributed by atoms with Gasteiger partial charge in [-0.25, -0.2) is 0 Å². The number of carboxylic acids is 1. The third kappa shape index (κ3) is 2.90. The predicted molar refractivity (Wildman–Crippen MR) is 106 cm³/mol. The van der Waals surface area contributed by atoms with Gasteiger partial charge in [0.15, 0.2) is 0 Å². The summed E-state index contributed by atoms with van der Waals surface area (Å²) in [5, 5.41) is 22.2. The lowest BCUT2D eigenvalue weighted by Gasteiger charge is -2.47. The van der Waals surface area contributed by atoms with Crippen molar-refractivity contribution < 1.29 is 15.0 Å². The molecular formula is C24H26O3. The standard InChI is InChI=1S/C24H26O3/c25-22(26)23-14-7-12-20(16-18-8-3-1-4-9-18)24(23,27)21(13-15-23)17-19-10-5-2-6-11-19/h1-6,8-11,16,21,27H,7,12-15,17H2,(H,25,26)/b20-16+/t21-,23+,24+/m1/s1. The van der Waals surface area contributed by atoms with Crippen LogP contribution >= 0.6 is 0 Å². The van der Waals surface area contributed by atoms with E-state index in [0.29, 0.717) is 19.3 Å². The van der Waals surface area contributed by atoms with Crippen LogP contribution in [0.25, 0.3) is 6.08 Å². The van der Waals surface area contributed by atoms with E-state index in [1.807, 2.05) is 54.6 Å². The number of fused-ring (bicyclic) bond motifs is 1. The SMILES string of the molecule is O=C(O)[C@@]12CCC/C(=C\c3ccccc3)[C@]1(O)[C@@H](Cc1ccccc1)CC2. The lowest BCUT2D eigenvalue weighted by molar-refractivity contribution is -0.167. The molecule has 0 unspecified atom stereocenters. The monoisotopic (exact) mass is 362 g/mol. The van der Waals surface area contributed by atoms with Gasteiger partial charge in [0.2, 0.25) is 0 Å². The molecule has 3 heteroatoms. The van der Waals surface area contributed by atoms with E-state index in [2.05, 4.69) is 12.1 Å². The number of carboxylic acid groups (broad SMARTS) is 1. The van der Waals surface area contributed by atoms with E-state index < -0.39 is 17.0 Å². The Bertz CT molecular complexity index is 842. The van der Waals surface area contributed by atoms with Gasteiger partial charge in [-0.15, -0.1) is 0 Å². The first-order valence-electron chi connectivity index (χ1n) is 9.82. The minimum Gasteiger partial charge on any atom is -0.481 e. The van der Waals surface area contributed by atoms with Crippen molar-refractivity contribution in [1.29, 1.82) is 0 Å². The number of rotatable bonds is 4. The zero-order chi connectivity index (χ0) is 18.9. The van der Waals surface area contributed by atoms with Crippen molar-refractivity contribution >= 4 is 12.0 Å². The van der Waals surface area contributed by atoms with Crippen molar-refractivity contribution in [3.05, 3.63) is 77.4 Å². The highest BCUT2D eigenvalue weighted by atomic mass is 16.4. The summed E-state index contributed by atoms with van der Waals surface area (Å²) in [6.07, 6.45) is 6.14. The molecule has 0 saturated heterocycles. The van der Waals surface area contributed by atoms with Gasteiger partial charge < -0.3 is 10.2 Å². The predicted octanol–water partition coefficient (Wildman–Crippen LogP) is 4.71. The van der Waals surface area contributed by atoms with Crippen LogP contribution in [0.5, 0.6) is 0 Å². The second-order valence-electron chi connectivity index (χ2n) is 8.01. The molecule has 0 amide bonds. The molecule has 2 fully saturated rings. The normalized spacial score (nSPS) is 31.6. The van der Waals surface area contributed by atoms with Crippen LogP contribution in [-0.2, 0) is 11.2 Å². The summed E-state index contributed by atoms with van der Waals surface area (Å²) in [7, 11) is 0. The molecule has 2 saturated carbocycles. The molecule has 27 heavy (non-hydrogen) atoms. The van der Waals surface area contributed by atoms with Gasteiger partial charge in [-0.1, -0.05) is 66.7 Å². The van der Waals surface area contributed by atoms with Crippen molar-refractivity contribution in [3.63, 3.8) is 0 Å². The topological polar surface area (TPSA) is 57.5 Å². The van der Waals surface area contributed by atoms with Crippen LogP contribution < -0.4 is 0 Å². The van der Waals surface area contributed by atoms with E-state index >= 15 is 0 Å². The van der Waals surface area contributed by atoms with E-state index in [-0.39, 0.29) is 5.92 Å². The number of hydrogen-bond acceptors (Lipinski definition) is 2. The summed E-state index contributed by atoms with van der Waals surface area (Å²) < 4.78 is 0. The number of benzene rings is 2. The summed E-state index contributed by atoms with van der Waals surface area (Å²) in [6, 6.07) is 20.0. The summed E-state index contributed by atoms with van der Waals surface area (Å²) in [5.41, 5.74) is 0.712. The van der Waals surface area contributed by atoms with E-state index in [1.165, 1.54) is 0 Å². The third-order valence-corrected chi connectivity index (χ3v) is 6.65. The number of hydrogen-bond donors (Lipinski definition) is 2. The molecule has 3 nitrogen and oxygen atoms in total. The Balaban J connectivity index is 1.78. The molecule has 0 spiro atoms. The fraction of sp³-hybridized carbons (Fsp3) is 0.375. The Hall–Kier alpha value is -2.39. The van der Waals surface area contributed by atoms with E-state index in [4.69, 9.17) is 0 Å². The van der Waals surface area contributed by atoms with Crippen molar-refractivity contribution in [3.8, 4) is 0 Å². The maximum Gasteiger partial charge on any atom is 0.312 e. The number of aliphatic carboxylic acids is 1. The first-order valence-corrected chi connectivity index (χ1v) is 9.82. The van der Waals surface area contributed by atoms with Crippen molar-refractivity contribution in [2.45, 2.75) is 44.1 Å². The molecule has 2 aliphatic rings. The highest BCUT2D eigenvalue weighted by Gasteiger charge is 2.66. The molecule has 0 heterocycles. The Morgan fingerprint density at radius 2 is 1.70 bits per heavy atom. The van der Waals surface area contributed by atoms with E-state index in [9.17, 15) is 15.0 Å². The highest BCUT2D eigenvalue weighted by molar-refractivity contribution is 5.79. The average molecular weight is 362 g/mol. The quantitative estimate of drug-likeness (QED) is 0.828. The second kappa shape index (κ2) is 6.97. The fourth-order valence-corrected chi connectivity index (χ4v) is 5.33. The third-order valence-electron chi connectivity index (χ3n) is 6.65. The van der Waals surface area contributed by atoms with Crippen molar-refractivity contribution in [2.75, 3.05) is 0 Å². The largest absolute Gasteiger partial charge is 0.481 e. The molecule has 2 aromatic carbocycles. The molecule has 2 aliphatic carbocycles. The minimum atomic E-state index is -1.29. The second-order valence-corrected chi connectivity index (χ2v) is 8.01.